The standard InChI is InChI=1S/C27H36N4O9/c1-16(2)23(26(33)39-14-11-30-9-12-38-13-10-30)29-27(34)40-24-18(4)28-17(3)21(25(32)37-5)22(24)19-7-6-8-20(15-19)31(35)36/h6-8,15-16,22-23,28H,9-14H2,1-5H3,(H,29,34)/t22-,23+/m1/s1. The van der Waals surface area contributed by atoms with Crippen LogP contribution in [-0.2, 0) is 28.5 Å². The van der Waals surface area contributed by atoms with Gasteiger partial charge >= 0.3 is 18.0 Å². The number of dihydropyridines is 1. The molecule has 0 radical (unpaired) electrons. The van der Waals surface area contributed by atoms with Crippen molar-refractivity contribution in [3.8, 4) is 0 Å². The van der Waals surface area contributed by atoms with E-state index in [1.165, 1.54) is 25.3 Å². The molecule has 40 heavy (non-hydrogen) atoms. The van der Waals surface area contributed by atoms with Gasteiger partial charge in [0.1, 0.15) is 18.4 Å². The molecule has 1 amide bonds. The molecule has 1 fully saturated rings. The zero-order valence-electron chi connectivity index (χ0n) is 23.4. The van der Waals surface area contributed by atoms with E-state index in [1.807, 2.05) is 0 Å². The van der Waals surface area contributed by atoms with Crippen molar-refractivity contribution in [3.63, 3.8) is 0 Å². The molecule has 3 rings (SSSR count). The first-order valence-corrected chi connectivity index (χ1v) is 13.0. The Morgan fingerprint density at radius 3 is 2.52 bits per heavy atom. The van der Waals surface area contributed by atoms with E-state index < -0.39 is 34.9 Å². The second kappa shape index (κ2) is 13.9. The molecule has 13 nitrogen and oxygen atoms in total. The summed E-state index contributed by atoms with van der Waals surface area (Å²) in [6.45, 7) is 10.3. The number of amides is 1. The smallest absolute Gasteiger partial charge is 0.413 e. The Bertz CT molecular complexity index is 1190. The fourth-order valence-electron chi connectivity index (χ4n) is 4.57. The van der Waals surface area contributed by atoms with Crippen LogP contribution in [0.2, 0.25) is 0 Å². The molecule has 2 aliphatic heterocycles. The Balaban J connectivity index is 1.80. The van der Waals surface area contributed by atoms with E-state index >= 15 is 0 Å². The minimum atomic E-state index is -0.997. The van der Waals surface area contributed by atoms with Gasteiger partial charge in [-0.15, -0.1) is 0 Å². The Morgan fingerprint density at radius 2 is 1.90 bits per heavy atom. The summed E-state index contributed by atoms with van der Waals surface area (Å²) in [4.78, 5) is 51.7. The second-order valence-corrected chi connectivity index (χ2v) is 9.81. The van der Waals surface area contributed by atoms with Crippen molar-refractivity contribution in [2.24, 2.45) is 5.92 Å². The van der Waals surface area contributed by atoms with Gasteiger partial charge in [0.2, 0.25) is 0 Å². The monoisotopic (exact) mass is 560 g/mol. The highest BCUT2D eigenvalue weighted by molar-refractivity contribution is 5.92. The molecule has 0 aliphatic carbocycles. The zero-order chi connectivity index (χ0) is 29.4. The SMILES string of the molecule is COC(=O)C1=C(C)NC(C)=C(OC(=O)N[C@H](C(=O)OCCN2CCOCC2)C(C)C)[C@@H]1c1cccc([N+](=O)[O-])c1. The summed E-state index contributed by atoms with van der Waals surface area (Å²) in [6, 6.07) is 4.71. The van der Waals surface area contributed by atoms with Crippen LogP contribution in [-0.4, -0.2) is 80.5 Å². The molecular formula is C27H36N4O9. The fourth-order valence-corrected chi connectivity index (χ4v) is 4.57. The van der Waals surface area contributed by atoms with Crippen LogP contribution in [0, 0.1) is 16.0 Å². The lowest BCUT2D eigenvalue weighted by atomic mass is 9.85. The predicted octanol–water partition coefficient (Wildman–Crippen LogP) is 2.59. The van der Waals surface area contributed by atoms with Crippen molar-refractivity contribution in [2.75, 3.05) is 46.6 Å². The maximum atomic E-state index is 13.1. The summed E-state index contributed by atoms with van der Waals surface area (Å²) < 4.78 is 21.4. The largest absolute Gasteiger partial charge is 0.466 e. The van der Waals surface area contributed by atoms with Crippen molar-refractivity contribution in [1.82, 2.24) is 15.5 Å². The molecule has 2 atom stereocenters. The average Bonchev–Trinajstić information content (AvgIpc) is 2.92. The number of carbonyl (C=O) groups excluding carboxylic acids is 3. The number of nitro groups is 1. The van der Waals surface area contributed by atoms with Gasteiger partial charge in [-0.2, -0.15) is 0 Å². The molecule has 0 unspecified atom stereocenters. The lowest BCUT2D eigenvalue weighted by molar-refractivity contribution is -0.384. The molecule has 13 heteroatoms. The summed E-state index contributed by atoms with van der Waals surface area (Å²) in [5.74, 6) is -2.57. The van der Waals surface area contributed by atoms with E-state index in [2.05, 4.69) is 15.5 Å². The van der Waals surface area contributed by atoms with Gasteiger partial charge in [-0.3, -0.25) is 15.0 Å². The number of alkyl carbamates (subject to hydrolysis) is 1. The molecule has 0 aromatic heterocycles. The van der Waals surface area contributed by atoms with Gasteiger partial charge in [-0.1, -0.05) is 26.0 Å². The van der Waals surface area contributed by atoms with Crippen molar-refractivity contribution < 1.29 is 38.3 Å². The number of benzene rings is 1. The number of hydrogen-bond donors (Lipinski definition) is 2. The molecule has 0 saturated carbocycles. The molecule has 1 saturated heterocycles. The van der Waals surface area contributed by atoms with Gasteiger partial charge < -0.3 is 29.6 Å². The van der Waals surface area contributed by atoms with E-state index in [0.717, 1.165) is 13.1 Å². The average molecular weight is 561 g/mol. The van der Waals surface area contributed by atoms with Crippen molar-refractivity contribution >= 4 is 23.7 Å². The lowest BCUT2D eigenvalue weighted by Gasteiger charge is -2.31. The first kappa shape index (κ1) is 30.6. The normalized spacial score (nSPS) is 18.6. The number of nitro benzene ring substituents is 1. The van der Waals surface area contributed by atoms with E-state index in [0.29, 0.717) is 36.7 Å². The number of rotatable bonds is 10. The Labute approximate surface area is 232 Å². The van der Waals surface area contributed by atoms with Crippen molar-refractivity contribution in [3.05, 3.63) is 62.7 Å². The van der Waals surface area contributed by atoms with E-state index in [9.17, 15) is 24.5 Å². The lowest BCUT2D eigenvalue weighted by Crippen LogP contribution is -2.46. The predicted molar refractivity (Wildman–Crippen MR) is 143 cm³/mol. The van der Waals surface area contributed by atoms with Crippen LogP contribution in [0.4, 0.5) is 10.5 Å². The van der Waals surface area contributed by atoms with Gasteiger partial charge in [0.15, 0.2) is 0 Å². The molecular weight excluding hydrogens is 524 g/mol. The van der Waals surface area contributed by atoms with Crippen LogP contribution in [0.25, 0.3) is 0 Å². The van der Waals surface area contributed by atoms with Crippen LogP contribution in [0.1, 0.15) is 39.2 Å². The number of methoxy groups -OCH3 is 1. The van der Waals surface area contributed by atoms with E-state index in [1.54, 1.807) is 33.8 Å². The highest BCUT2D eigenvalue weighted by atomic mass is 16.6. The summed E-state index contributed by atoms with van der Waals surface area (Å²) in [7, 11) is 1.21. The third-order valence-corrected chi connectivity index (χ3v) is 6.67. The molecule has 1 aromatic carbocycles. The Hall–Kier alpha value is -3.97. The first-order chi connectivity index (χ1) is 19.0. The Kier molecular flexibility index (Phi) is 10.6. The van der Waals surface area contributed by atoms with Crippen LogP contribution >= 0.6 is 0 Å². The number of esters is 2. The van der Waals surface area contributed by atoms with Gasteiger partial charge in [0, 0.05) is 37.5 Å². The molecule has 2 N–H and O–H groups in total. The minimum absolute atomic E-state index is 0.0344. The van der Waals surface area contributed by atoms with Crippen LogP contribution in [0.3, 0.4) is 0 Å². The minimum Gasteiger partial charge on any atom is -0.466 e. The number of ether oxygens (including phenoxy) is 4. The summed E-state index contributed by atoms with van der Waals surface area (Å²) in [5, 5.41) is 17.0. The van der Waals surface area contributed by atoms with Gasteiger partial charge in [0.05, 0.1) is 42.4 Å². The van der Waals surface area contributed by atoms with Crippen molar-refractivity contribution in [1.29, 1.82) is 0 Å². The highest BCUT2D eigenvalue weighted by Crippen LogP contribution is 2.40. The third kappa shape index (κ3) is 7.57. The molecule has 1 aromatic rings. The summed E-state index contributed by atoms with van der Waals surface area (Å²) in [5.41, 5.74) is 1.13. The molecule has 218 valence electrons. The van der Waals surface area contributed by atoms with Gasteiger partial charge in [0.25, 0.3) is 5.69 Å². The number of allylic oxidation sites excluding steroid dienone is 3. The molecule has 2 aliphatic rings. The number of morpholine rings is 1. The summed E-state index contributed by atoms with van der Waals surface area (Å²) in [6.07, 6.45) is -0.945. The second-order valence-electron chi connectivity index (χ2n) is 9.81. The number of nitrogens with zero attached hydrogens (tertiary/aromatic N) is 2. The highest BCUT2D eigenvalue weighted by Gasteiger charge is 2.37. The maximum Gasteiger partial charge on any atom is 0.413 e. The third-order valence-electron chi connectivity index (χ3n) is 6.67. The van der Waals surface area contributed by atoms with Crippen LogP contribution in [0.15, 0.2) is 47.0 Å². The molecule has 0 bridgehead atoms. The fraction of sp³-hybridized carbons (Fsp3) is 0.519. The van der Waals surface area contributed by atoms with Gasteiger partial charge in [-0.25, -0.2) is 14.4 Å². The molecule has 0 spiro atoms. The van der Waals surface area contributed by atoms with E-state index in [-0.39, 0.29) is 29.5 Å². The maximum absolute atomic E-state index is 13.1. The summed E-state index contributed by atoms with van der Waals surface area (Å²) >= 11 is 0. The number of nitrogens with one attached hydrogen (secondary N) is 2. The van der Waals surface area contributed by atoms with Crippen molar-refractivity contribution in [2.45, 2.75) is 39.7 Å². The Morgan fingerprint density at radius 1 is 1.20 bits per heavy atom. The number of non-ortho nitro benzene ring substituents is 1. The zero-order valence-corrected chi connectivity index (χ0v) is 23.4. The van der Waals surface area contributed by atoms with Gasteiger partial charge in [-0.05, 0) is 25.3 Å². The van der Waals surface area contributed by atoms with E-state index in [4.69, 9.17) is 18.9 Å². The van der Waals surface area contributed by atoms with Crippen LogP contribution < -0.4 is 10.6 Å². The quantitative estimate of drug-likeness (QED) is 0.187. The first-order valence-electron chi connectivity index (χ1n) is 13.0. The number of hydrogen-bond acceptors (Lipinski definition) is 11. The number of carbonyl (C=O) groups is 3. The molecule has 2 heterocycles. The topological polar surface area (TPSA) is 159 Å². The van der Waals surface area contributed by atoms with Crippen LogP contribution in [0.5, 0.6) is 0 Å².